The number of allylic oxidation sites excluding steroid dienone is 1. The Hall–Kier alpha value is -3.00. The summed E-state index contributed by atoms with van der Waals surface area (Å²) in [6.07, 6.45) is 21.8. The van der Waals surface area contributed by atoms with Crippen molar-refractivity contribution >= 4 is 11.6 Å². The van der Waals surface area contributed by atoms with Crippen LogP contribution in [0.2, 0.25) is 0 Å². The van der Waals surface area contributed by atoms with Crippen LogP contribution in [-0.4, -0.2) is 108 Å². The summed E-state index contributed by atoms with van der Waals surface area (Å²) in [7, 11) is 0. The summed E-state index contributed by atoms with van der Waals surface area (Å²) in [4.78, 5) is 22.9. The number of hydrogen-bond donors (Lipinski definition) is 4. The number of unbranched alkanes of at least 4 members (excludes halogenated alkanes) is 10. The smallest absolute Gasteiger partial charge is 0.239 e. The number of aliphatic hydroxyl groups is 3. The number of phenols is 1. The van der Waals surface area contributed by atoms with E-state index in [0.29, 0.717) is 37.3 Å². The molecule has 1 aromatic rings. The highest BCUT2D eigenvalue weighted by atomic mass is 16.8. The first kappa shape index (κ1) is 48.0. The largest absolute Gasteiger partial charge is 0.508 e. The van der Waals surface area contributed by atoms with Crippen LogP contribution in [-0.2, 0) is 23.8 Å². The maximum absolute atomic E-state index is 14.8. The highest BCUT2D eigenvalue weighted by molar-refractivity contribution is 6.03. The minimum Gasteiger partial charge on any atom is -0.508 e. The summed E-state index contributed by atoms with van der Waals surface area (Å²) in [5.74, 6) is -1.21. The average Bonchev–Trinajstić information content (AvgIpc) is 3.26. The van der Waals surface area contributed by atoms with E-state index in [2.05, 4.69) is 19.6 Å². The second kappa shape index (κ2) is 25.8. The van der Waals surface area contributed by atoms with E-state index in [9.17, 15) is 25.2 Å². The Kier molecular flexibility index (Phi) is 20.7. The number of hydrogen-bond acceptors (Lipinski definition) is 11. The predicted molar refractivity (Wildman–Crippen MR) is 233 cm³/mol. The molecule has 7 unspecified atom stereocenters. The number of carbonyl (C=O) groups is 1. The Morgan fingerprint density at radius 1 is 0.950 bits per heavy atom. The molecular formula is C48H76N2O10. The van der Waals surface area contributed by atoms with Gasteiger partial charge in [-0.1, -0.05) is 88.4 Å². The monoisotopic (exact) mass is 841 g/mol. The Balaban J connectivity index is 1.61. The number of ether oxygens (including phenoxy) is 4. The molecule has 338 valence electrons. The molecule has 12 nitrogen and oxygen atoms in total. The lowest BCUT2D eigenvalue weighted by molar-refractivity contribution is -0.258. The van der Waals surface area contributed by atoms with Crippen LogP contribution in [0.4, 0.5) is 0 Å². The van der Waals surface area contributed by atoms with Gasteiger partial charge >= 0.3 is 0 Å². The van der Waals surface area contributed by atoms with Crippen LogP contribution >= 0.6 is 0 Å². The van der Waals surface area contributed by atoms with Gasteiger partial charge in [-0.3, -0.25) is 4.79 Å². The second-order valence-corrected chi connectivity index (χ2v) is 17.2. The van der Waals surface area contributed by atoms with Crippen LogP contribution in [0.15, 0.2) is 47.7 Å². The fraction of sp³-hybridized carbons (Fsp3) is 0.750. The first-order valence-corrected chi connectivity index (χ1v) is 23.4. The third-order valence-corrected chi connectivity index (χ3v) is 13.0. The van der Waals surface area contributed by atoms with Gasteiger partial charge in [-0.15, -0.1) is 6.58 Å². The zero-order chi connectivity index (χ0) is 42.6. The highest BCUT2D eigenvalue weighted by Crippen LogP contribution is 2.62. The zero-order valence-corrected chi connectivity index (χ0v) is 36.5. The molecule has 2 aliphatic heterocycles. The van der Waals surface area contributed by atoms with Gasteiger partial charge in [-0.2, -0.15) is 0 Å². The molecule has 12 heteroatoms. The second-order valence-electron chi connectivity index (χ2n) is 17.2. The van der Waals surface area contributed by atoms with E-state index >= 15 is 0 Å². The first-order chi connectivity index (χ1) is 29.4. The molecular weight excluding hydrogens is 765 g/mol. The van der Waals surface area contributed by atoms with Crippen molar-refractivity contribution in [2.75, 3.05) is 52.8 Å². The molecule has 1 amide bonds. The number of nitrogens with zero attached hydrogens (tertiary/aromatic N) is 2. The fourth-order valence-electron chi connectivity index (χ4n) is 10.1. The number of carbonyl (C=O) groups excluding carboxylic acids is 1. The lowest BCUT2D eigenvalue weighted by Crippen LogP contribution is -2.70. The van der Waals surface area contributed by atoms with E-state index < -0.39 is 24.0 Å². The van der Waals surface area contributed by atoms with E-state index in [1.54, 1.807) is 12.1 Å². The Bertz CT molecular complexity index is 1500. The molecule has 0 aromatic heterocycles. The number of aromatic hydroxyl groups is 1. The average molecular weight is 841 g/mol. The normalized spacial score (nSPS) is 26.5. The van der Waals surface area contributed by atoms with Crippen LogP contribution in [0.3, 0.4) is 0 Å². The molecule has 2 aliphatic carbocycles. The fourth-order valence-corrected chi connectivity index (χ4v) is 10.1. The molecule has 0 spiro atoms. The van der Waals surface area contributed by atoms with Crippen molar-refractivity contribution < 1.29 is 49.0 Å². The van der Waals surface area contributed by atoms with Gasteiger partial charge in [-0.25, -0.2) is 0 Å². The number of fused-ring (bicyclic) bond motifs is 2. The van der Waals surface area contributed by atoms with Gasteiger partial charge < -0.3 is 49.1 Å². The molecule has 7 atom stereocenters. The van der Waals surface area contributed by atoms with Crippen LogP contribution in [0.1, 0.15) is 147 Å². The van der Waals surface area contributed by atoms with Crippen LogP contribution in [0, 0.1) is 17.8 Å². The van der Waals surface area contributed by atoms with Gasteiger partial charge in [0, 0.05) is 50.5 Å². The molecule has 60 heavy (non-hydrogen) atoms. The lowest BCUT2D eigenvalue weighted by atomic mass is 9.55. The Morgan fingerprint density at radius 2 is 1.70 bits per heavy atom. The lowest BCUT2D eigenvalue weighted by Gasteiger charge is -2.60. The van der Waals surface area contributed by atoms with E-state index in [1.807, 2.05) is 17.0 Å². The first-order valence-electron chi connectivity index (χ1n) is 23.4. The van der Waals surface area contributed by atoms with E-state index in [4.69, 9.17) is 28.9 Å². The summed E-state index contributed by atoms with van der Waals surface area (Å²) in [5.41, 5.74) is 2.53. The summed E-state index contributed by atoms with van der Waals surface area (Å²) >= 11 is 0. The Morgan fingerprint density at radius 3 is 2.40 bits per heavy atom. The maximum Gasteiger partial charge on any atom is 0.239 e. The highest BCUT2D eigenvalue weighted by Gasteiger charge is 2.65. The van der Waals surface area contributed by atoms with Crippen molar-refractivity contribution in [2.45, 2.75) is 159 Å². The van der Waals surface area contributed by atoms with Crippen molar-refractivity contribution in [2.24, 2.45) is 22.9 Å². The zero-order valence-electron chi connectivity index (χ0n) is 36.5. The predicted octanol–water partition coefficient (Wildman–Crippen LogP) is 8.31. The van der Waals surface area contributed by atoms with Crippen LogP contribution in [0.25, 0.3) is 0 Å². The summed E-state index contributed by atoms with van der Waals surface area (Å²) in [6.45, 7) is 7.75. The molecule has 4 N–H and O–H groups in total. The van der Waals surface area contributed by atoms with Crippen molar-refractivity contribution in [3.05, 3.63) is 48.1 Å². The topological polar surface area (TPSA) is 160 Å². The van der Waals surface area contributed by atoms with Gasteiger partial charge in [0.2, 0.25) is 18.0 Å². The van der Waals surface area contributed by atoms with Gasteiger partial charge in [0.1, 0.15) is 17.5 Å². The van der Waals surface area contributed by atoms with Crippen LogP contribution < -0.4 is 4.74 Å². The molecule has 1 saturated heterocycles. The molecule has 0 radical (unpaired) electrons. The Labute approximate surface area is 359 Å². The van der Waals surface area contributed by atoms with Gasteiger partial charge in [0.05, 0.1) is 44.7 Å². The molecule has 2 fully saturated rings. The molecule has 5 rings (SSSR count). The number of phenolic OH excluding ortho intramolecular Hbond substituents is 1. The number of amides is 1. The van der Waals surface area contributed by atoms with Crippen LogP contribution in [0.5, 0.6) is 11.5 Å². The van der Waals surface area contributed by atoms with Gasteiger partial charge in [0.25, 0.3) is 0 Å². The number of rotatable bonds is 29. The third-order valence-electron chi connectivity index (χ3n) is 13.0. The summed E-state index contributed by atoms with van der Waals surface area (Å²) in [5, 5.41) is 45.3. The molecule has 0 bridgehead atoms. The van der Waals surface area contributed by atoms with E-state index in [0.717, 1.165) is 75.3 Å². The third kappa shape index (κ3) is 12.8. The molecule has 1 aromatic carbocycles. The number of aliphatic hydroxyl groups excluding tert-OH is 3. The molecule has 4 aliphatic rings. The minimum absolute atomic E-state index is 0.0192. The quantitative estimate of drug-likeness (QED) is 0.0351. The summed E-state index contributed by atoms with van der Waals surface area (Å²) in [6, 6.07) is 4.60. The summed E-state index contributed by atoms with van der Waals surface area (Å²) < 4.78 is 26.1. The van der Waals surface area contributed by atoms with Crippen molar-refractivity contribution in [1.82, 2.24) is 4.90 Å². The maximum atomic E-state index is 14.8. The SMILES string of the molecule is C=CCOC12Oc3ccc(O)cc3C3C(CCCCO)C(CCCCO)C=C(C(=NOC4CCCCO4)CC1N(CCOCCO)C(=O)CCCCCCCCCCC)C32. The molecule has 2 heterocycles. The van der Waals surface area contributed by atoms with E-state index in [1.165, 1.54) is 38.5 Å². The molecule has 1 saturated carbocycles. The van der Waals surface area contributed by atoms with Crippen molar-refractivity contribution in [1.29, 1.82) is 0 Å². The van der Waals surface area contributed by atoms with Gasteiger partial charge in [0.15, 0.2) is 0 Å². The number of oxime groups is 1. The van der Waals surface area contributed by atoms with Gasteiger partial charge in [-0.05, 0) is 80.6 Å². The van der Waals surface area contributed by atoms with E-state index in [-0.39, 0.29) is 82.0 Å². The standard InChI is InChI=1S/C48H76N2O10/c1-3-5-6-7-8-9-10-11-12-21-44(55)50(25-31-56-32-28-53)43-35-41(49-60-45-22-15-18-30-57-45)39-33-36(19-13-16-26-51)38(20-14-17-27-52)46-40-34-37(54)23-24-42(40)59-48(43,47(39)46)58-29-4-2/h4,23-24,33-34,36,38,43,45-47,51-54H,2-3,5-22,25-32,35H2,1H3. The number of benzene rings is 1. The van der Waals surface area contributed by atoms with Crippen molar-refractivity contribution in [3.63, 3.8) is 0 Å². The van der Waals surface area contributed by atoms with Crippen molar-refractivity contribution in [3.8, 4) is 11.5 Å². The minimum atomic E-state index is -1.38.